The minimum Gasteiger partial charge on any atom is -0.292 e. The molecule has 0 unspecified atom stereocenters. The number of nitrogens with zero attached hydrogens (tertiary/aromatic N) is 2. The van der Waals surface area contributed by atoms with Crippen molar-refractivity contribution in [2.45, 2.75) is 18.2 Å². The van der Waals surface area contributed by atoms with Crippen molar-refractivity contribution in [3.05, 3.63) is 131 Å². The number of aromatic nitrogens is 3. The number of halogens is 2. The van der Waals surface area contributed by atoms with Crippen LogP contribution < -0.4 is 4.72 Å². The first-order valence-electron chi connectivity index (χ1n) is 12.3. The molecule has 0 atom stereocenters. The van der Waals surface area contributed by atoms with Crippen LogP contribution in [-0.4, -0.2) is 21.1 Å². The minimum absolute atomic E-state index is 0.214. The van der Waals surface area contributed by atoms with E-state index in [0.717, 1.165) is 49.2 Å². The van der Waals surface area contributed by atoms with E-state index in [1.807, 2.05) is 48.5 Å². The standard InChI is InChI=1S/C31H24ClFN4OS/c1-2-26(27-10-9-24(33)18-28(27)32)31(22-8-11-29-23(17-22)19-35-36-29)21-6-3-20(4-7-21)5-12-30(38)37-39-25-13-15-34-16-14-25/h3-19H,2H2,1H3,(H,35,36)(H,37,38)/b12-5+,31-26+. The van der Waals surface area contributed by atoms with Gasteiger partial charge < -0.3 is 0 Å². The molecular formula is C31H24ClFN4OS. The van der Waals surface area contributed by atoms with Crippen LogP contribution in [0.2, 0.25) is 5.02 Å². The van der Waals surface area contributed by atoms with Crippen LogP contribution in [0.1, 0.15) is 35.6 Å². The summed E-state index contributed by atoms with van der Waals surface area (Å²) in [6.45, 7) is 2.06. The molecule has 194 valence electrons. The van der Waals surface area contributed by atoms with Gasteiger partial charge in [-0.05, 0) is 94.2 Å². The Hall–Kier alpha value is -4.20. The zero-order valence-electron chi connectivity index (χ0n) is 21.0. The van der Waals surface area contributed by atoms with Crippen LogP contribution in [0.25, 0.3) is 28.1 Å². The fourth-order valence-electron chi connectivity index (χ4n) is 4.33. The molecule has 0 fully saturated rings. The molecule has 1 amide bonds. The molecule has 3 aromatic carbocycles. The van der Waals surface area contributed by atoms with Gasteiger partial charge in [0.05, 0.1) is 16.7 Å². The minimum atomic E-state index is -0.375. The highest BCUT2D eigenvalue weighted by Gasteiger charge is 2.16. The van der Waals surface area contributed by atoms with E-state index in [1.165, 1.54) is 30.2 Å². The largest absolute Gasteiger partial charge is 0.292 e. The Bertz CT molecular complexity index is 1680. The molecule has 0 radical (unpaired) electrons. The molecule has 0 saturated heterocycles. The highest BCUT2D eigenvalue weighted by Crippen LogP contribution is 2.38. The van der Waals surface area contributed by atoms with Crippen molar-refractivity contribution in [1.29, 1.82) is 0 Å². The number of rotatable bonds is 8. The van der Waals surface area contributed by atoms with Crippen LogP contribution in [0.4, 0.5) is 4.39 Å². The first kappa shape index (κ1) is 26.4. The summed E-state index contributed by atoms with van der Waals surface area (Å²) in [6, 6.07) is 22.2. The molecule has 2 N–H and O–H groups in total. The Morgan fingerprint density at radius 3 is 2.54 bits per heavy atom. The normalized spacial score (nSPS) is 12.1. The third-order valence-electron chi connectivity index (χ3n) is 6.19. The van der Waals surface area contributed by atoms with Crippen molar-refractivity contribution in [3.63, 3.8) is 0 Å². The Morgan fingerprint density at radius 1 is 1.03 bits per heavy atom. The lowest BCUT2D eigenvalue weighted by atomic mass is 9.87. The van der Waals surface area contributed by atoms with Gasteiger partial charge in [-0.1, -0.05) is 54.9 Å². The van der Waals surface area contributed by atoms with E-state index in [4.69, 9.17) is 11.6 Å². The molecule has 0 aliphatic carbocycles. The van der Waals surface area contributed by atoms with Crippen LogP contribution in [-0.2, 0) is 4.79 Å². The number of hydrogen-bond donors (Lipinski definition) is 2. The maximum absolute atomic E-state index is 13.9. The lowest BCUT2D eigenvalue weighted by Gasteiger charge is -2.18. The number of nitrogens with one attached hydrogen (secondary N) is 2. The Balaban J connectivity index is 1.47. The van der Waals surface area contributed by atoms with Crippen LogP contribution >= 0.6 is 23.5 Å². The van der Waals surface area contributed by atoms with Crippen LogP contribution in [0, 0.1) is 5.82 Å². The molecule has 2 aromatic heterocycles. The first-order chi connectivity index (χ1) is 19.0. The van der Waals surface area contributed by atoms with Gasteiger partial charge in [-0.2, -0.15) is 5.10 Å². The number of aromatic amines is 1. The van der Waals surface area contributed by atoms with Gasteiger partial charge in [0.25, 0.3) is 5.91 Å². The molecule has 0 bridgehead atoms. The number of H-pyrrole nitrogens is 1. The average Bonchev–Trinajstić information content (AvgIpc) is 3.43. The number of hydrogen-bond acceptors (Lipinski definition) is 4. The highest BCUT2D eigenvalue weighted by atomic mass is 35.5. The molecule has 0 aliphatic heterocycles. The zero-order chi connectivity index (χ0) is 27.2. The lowest BCUT2D eigenvalue weighted by Crippen LogP contribution is -2.11. The number of carbonyl (C=O) groups excluding carboxylic acids is 1. The summed E-state index contributed by atoms with van der Waals surface area (Å²) >= 11 is 7.76. The van der Waals surface area contributed by atoms with E-state index in [9.17, 15) is 9.18 Å². The fraction of sp³-hybridized carbons (Fsp3) is 0.0645. The van der Waals surface area contributed by atoms with Gasteiger partial charge in [0, 0.05) is 28.8 Å². The lowest BCUT2D eigenvalue weighted by molar-refractivity contribution is -0.114. The van der Waals surface area contributed by atoms with Gasteiger partial charge in [-0.25, -0.2) is 4.39 Å². The monoisotopic (exact) mass is 554 g/mol. The number of carbonyl (C=O) groups is 1. The van der Waals surface area contributed by atoms with E-state index < -0.39 is 0 Å². The van der Waals surface area contributed by atoms with Gasteiger partial charge in [0.2, 0.25) is 0 Å². The van der Waals surface area contributed by atoms with E-state index in [-0.39, 0.29) is 11.7 Å². The molecular weight excluding hydrogens is 531 g/mol. The second kappa shape index (κ2) is 12.1. The Labute approximate surface area is 235 Å². The summed E-state index contributed by atoms with van der Waals surface area (Å²) in [5.41, 5.74) is 6.58. The van der Waals surface area contributed by atoms with Gasteiger partial charge in [-0.15, -0.1) is 0 Å². The van der Waals surface area contributed by atoms with Crippen molar-refractivity contribution in [2.24, 2.45) is 0 Å². The highest BCUT2D eigenvalue weighted by molar-refractivity contribution is 7.98. The van der Waals surface area contributed by atoms with E-state index in [0.29, 0.717) is 11.4 Å². The van der Waals surface area contributed by atoms with Crippen LogP contribution in [0.15, 0.2) is 102 Å². The van der Waals surface area contributed by atoms with Crippen molar-refractivity contribution >= 4 is 57.6 Å². The van der Waals surface area contributed by atoms with Crippen molar-refractivity contribution in [1.82, 2.24) is 19.9 Å². The summed E-state index contributed by atoms with van der Waals surface area (Å²) in [7, 11) is 0. The van der Waals surface area contributed by atoms with Gasteiger partial charge in [-0.3, -0.25) is 19.6 Å². The summed E-state index contributed by atoms with van der Waals surface area (Å²) < 4.78 is 16.7. The first-order valence-corrected chi connectivity index (χ1v) is 13.5. The van der Waals surface area contributed by atoms with Gasteiger partial charge in [0.1, 0.15) is 5.82 Å². The maximum Gasteiger partial charge on any atom is 0.254 e. The van der Waals surface area contributed by atoms with Crippen molar-refractivity contribution < 1.29 is 9.18 Å². The number of amides is 1. The van der Waals surface area contributed by atoms with E-state index in [1.54, 1.807) is 30.7 Å². The molecule has 39 heavy (non-hydrogen) atoms. The molecule has 5 rings (SSSR count). The zero-order valence-corrected chi connectivity index (χ0v) is 22.6. The van der Waals surface area contributed by atoms with Crippen molar-refractivity contribution in [2.75, 3.05) is 0 Å². The topological polar surface area (TPSA) is 70.7 Å². The SMILES string of the molecule is CC/C(=C(/c1ccc(/C=C/C(=O)NSc2ccncc2)cc1)c1ccc2[nH]ncc2c1)c1ccc(F)cc1Cl. The maximum atomic E-state index is 13.9. The third kappa shape index (κ3) is 6.28. The molecule has 5 nitrogen and oxygen atoms in total. The Kier molecular flexibility index (Phi) is 8.20. The fourth-order valence-corrected chi connectivity index (χ4v) is 5.16. The summed E-state index contributed by atoms with van der Waals surface area (Å²) in [5.74, 6) is -0.589. The quantitative estimate of drug-likeness (QED) is 0.116. The van der Waals surface area contributed by atoms with Crippen molar-refractivity contribution in [3.8, 4) is 0 Å². The van der Waals surface area contributed by atoms with Gasteiger partial charge >= 0.3 is 0 Å². The molecule has 0 spiro atoms. The number of benzene rings is 3. The van der Waals surface area contributed by atoms with Crippen LogP contribution in [0.5, 0.6) is 0 Å². The predicted molar refractivity (Wildman–Crippen MR) is 157 cm³/mol. The molecule has 5 aromatic rings. The third-order valence-corrected chi connectivity index (χ3v) is 7.31. The summed E-state index contributed by atoms with van der Waals surface area (Å²) in [6.07, 6.45) is 9.10. The van der Waals surface area contributed by atoms with E-state index in [2.05, 4.69) is 32.9 Å². The summed E-state index contributed by atoms with van der Waals surface area (Å²) in [5, 5.41) is 8.49. The number of allylic oxidation sites excluding steroid dienone is 1. The molecule has 2 heterocycles. The molecule has 0 aliphatic rings. The summed E-state index contributed by atoms with van der Waals surface area (Å²) in [4.78, 5) is 17.2. The molecule has 0 saturated carbocycles. The van der Waals surface area contributed by atoms with Crippen LogP contribution in [0.3, 0.4) is 0 Å². The molecule has 8 heteroatoms. The smallest absolute Gasteiger partial charge is 0.254 e. The second-order valence-corrected chi connectivity index (χ2v) is 10.00. The van der Waals surface area contributed by atoms with E-state index >= 15 is 0 Å². The number of fused-ring (bicyclic) bond motifs is 1. The average molecular weight is 555 g/mol. The number of pyridine rings is 1. The van der Waals surface area contributed by atoms with Gasteiger partial charge in [0.15, 0.2) is 0 Å². The second-order valence-electron chi connectivity index (χ2n) is 8.71. The Morgan fingerprint density at radius 2 is 1.79 bits per heavy atom. The predicted octanol–water partition coefficient (Wildman–Crippen LogP) is 7.96.